The third kappa shape index (κ3) is 7.46. The first-order valence-corrected chi connectivity index (χ1v) is 9.88. The second-order valence-corrected chi connectivity index (χ2v) is 7.34. The highest BCUT2D eigenvalue weighted by molar-refractivity contribution is 5.79. The van der Waals surface area contributed by atoms with Crippen LogP contribution < -0.4 is 0 Å². The van der Waals surface area contributed by atoms with Crippen LogP contribution in [0.3, 0.4) is 0 Å². The molecule has 0 bridgehead atoms. The van der Waals surface area contributed by atoms with Gasteiger partial charge in [0.25, 0.3) is 0 Å². The van der Waals surface area contributed by atoms with Crippen LogP contribution in [-0.4, -0.2) is 35.0 Å². The summed E-state index contributed by atoms with van der Waals surface area (Å²) in [5.41, 5.74) is -1.87. The summed E-state index contributed by atoms with van der Waals surface area (Å²) in [6, 6.07) is 0. The van der Waals surface area contributed by atoms with Crippen LogP contribution in [0.4, 0.5) is 0 Å². The lowest BCUT2D eigenvalue weighted by atomic mass is 9.91. The molecule has 1 fully saturated rings. The molecular weight excluding hydrogens is 328 g/mol. The SMILES string of the molecule is CC/C=C\CC/C=C/[C@H]1CCC[C@@H]1C/C=C\CC(O)C(C)(O)C(=O)OC. The predicted molar refractivity (Wildman–Crippen MR) is 106 cm³/mol. The van der Waals surface area contributed by atoms with E-state index in [1.807, 2.05) is 6.08 Å². The van der Waals surface area contributed by atoms with Crippen molar-refractivity contribution >= 4 is 5.97 Å². The van der Waals surface area contributed by atoms with E-state index in [9.17, 15) is 15.0 Å². The average molecular weight is 365 g/mol. The molecule has 4 heteroatoms. The third-order valence-electron chi connectivity index (χ3n) is 5.22. The summed E-state index contributed by atoms with van der Waals surface area (Å²) in [6.45, 7) is 3.43. The number of carbonyl (C=O) groups excluding carboxylic acids is 1. The Morgan fingerprint density at radius 3 is 2.62 bits per heavy atom. The second kappa shape index (κ2) is 12.1. The predicted octanol–water partition coefficient (Wildman–Crippen LogP) is 4.33. The molecule has 1 rings (SSSR count). The number of aliphatic hydroxyl groups is 2. The lowest BCUT2D eigenvalue weighted by Gasteiger charge is -2.25. The normalized spacial score (nSPS) is 24.5. The van der Waals surface area contributed by atoms with Gasteiger partial charge in [0, 0.05) is 0 Å². The van der Waals surface area contributed by atoms with Crippen molar-refractivity contribution in [2.45, 2.75) is 76.9 Å². The van der Waals surface area contributed by atoms with Gasteiger partial charge < -0.3 is 14.9 Å². The van der Waals surface area contributed by atoms with Gasteiger partial charge in [-0.15, -0.1) is 0 Å². The van der Waals surface area contributed by atoms with Crippen LogP contribution in [0.2, 0.25) is 0 Å². The maximum absolute atomic E-state index is 11.5. The Kier molecular flexibility index (Phi) is 10.5. The molecule has 0 radical (unpaired) electrons. The van der Waals surface area contributed by atoms with Crippen LogP contribution in [0.1, 0.15) is 65.2 Å². The van der Waals surface area contributed by atoms with E-state index in [-0.39, 0.29) is 6.42 Å². The van der Waals surface area contributed by atoms with Crippen LogP contribution in [0.15, 0.2) is 36.5 Å². The fraction of sp³-hybridized carbons (Fsp3) is 0.682. The molecule has 1 aliphatic rings. The van der Waals surface area contributed by atoms with Crippen LogP contribution in [0.5, 0.6) is 0 Å². The van der Waals surface area contributed by atoms with Gasteiger partial charge in [-0.2, -0.15) is 0 Å². The van der Waals surface area contributed by atoms with Gasteiger partial charge in [0.2, 0.25) is 0 Å². The van der Waals surface area contributed by atoms with E-state index in [0.717, 1.165) is 25.7 Å². The molecule has 0 aliphatic heterocycles. The molecule has 0 heterocycles. The molecular formula is C22H36O4. The summed E-state index contributed by atoms with van der Waals surface area (Å²) < 4.78 is 4.52. The molecule has 0 spiro atoms. The van der Waals surface area contributed by atoms with Crippen molar-refractivity contribution in [3.05, 3.63) is 36.5 Å². The van der Waals surface area contributed by atoms with Crippen LogP contribution in [0.25, 0.3) is 0 Å². The molecule has 26 heavy (non-hydrogen) atoms. The summed E-state index contributed by atoms with van der Waals surface area (Å²) in [6.07, 6.45) is 20.2. The van der Waals surface area contributed by atoms with E-state index in [1.165, 1.54) is 33.3 Å². The lowest BCUT2D eigenvalue weighted by Crippen LogP contribution is -2.47. The van der Waals surface area contributed by atoms with Gasteiger partial charge in [-0.1, -0.05) is 49.8 Å². The van der Waals surface area contributed by atoms with Gasteiger partial charge in [0.1, 0.15) is 0 Å². The summed E-state index contributed by atoms with van der Waals surface area (Å²) in [7, 11) is 1.20. The monoisotopic (exact) mass is 364 g/mol. The molecule has 0 aromatic carbocycles. The quantitative estimate of drug-likeness (QED) is 0.325. The number of rotatable bonds is 11. The fourth-order valence-electron chi connectivity index (χ4n) is 3.43. The van der Waals surface area contributed by atoms with E-state index >= 15 is 0 Å². The largest absolute Gasteiger partial charge is 0.467 e. The Morgan fingerprint density at radius 2 is 1.92 bits per heavy atom. The number of methoxy groups -OCH3 is 1. The van der Waals surface area contributed by atoms with Crippen LogP contribution >= 0.6 is 0 Å². The molecule has 4 nitrogen and oxygen atoms in total. The maximum Gasteiger partial charge on any atom is 0.340 e. The van der Waals surface area contributed by atoms with Gasteiger partial charge in [-0.3, -0.25) is 0 Å². The van der Waals surface area contributed by atoms with Gasteiger partial charge in [-0.05, 0) is 63.7 Å². The third-order valence-corrected chi connectivity index (χ3v) is 5.22. The topological polar surface area (TPSA) is 66.8 Å². The minimum atomic E-state index is -1.87. The van der Waals surface area contributed by atoms with Crippen molar-refractivity contribution in [1.29, 1.82) is 0 Å². The Labute approximate surface area is 158 Å². The molecule has 0 amide bonds. The number of hydrogen-bond acceptors (Lipinski definition) is 4. The smallest absolute Gasteiger partial charge is 0.340 e. The van der Waals surface area contributed by atoms with Gasteiger partial charge in [0.05, 0.1) is 13.2 Å². The highest BCUT2D eigenvalue weighted by Crippen LogP contribution is 2.35. The Hall–Kier alpha value is -1.39. The minimum Gasteiger partial charge on any atom is -0.467 e. The van der Waals surface area contributed by atoms with Gasteiger partial charge in [0.15, 0.2) is 5.60 Å². The minimum absolute atomic E-state index is 0.235. The van der Waals surface area contributed by atoms with Crippen molar-refractivity contribution in [1.82, 2.24) is 0 Å². The number of ether oxygens (including phenoxy) is 1. The van der Waals surface area contributed by atoms with Crippen LogP contribution in [0, 0.1) is 11.8 Å². The highest BCUT2D eigenvalue weighted by atomic mass is 16.5. The van der Waals surface area contributed by atoms with Gasteiger partial charge in [-0.25, -0.2) is 4.79 Å². The first kappa shape index (κ1) is 22.7. The van der Waals surface area contributed by atoms with E-state index in [2.05, 4.69) is 42.0 Å². The Bertz CT molecular complexity index is 490. The highest BCUT2D eigenvalue weighted by Gasteiger charge is 2.38. The summed E-state index contributed by atoms with van der Waals surface area (Å²) in [4.78, 5) is 11.5. The molecule has 2 N–H and O–H groups in total. The number of allylic oxidation sites excluding steroid dienone is 5. The first-order valence-electron chi connectivity index (χ1n) is 9.88. The zero-order valence-electron chi connectivity index (χ0n) is 16.6. The second-order valence-electron chi connectivity index (χ2n) is 7.34. The summed E-state index contributed by atoms with van der Waals surface area (Å²) >= 11 is 0. The van der Waals surface area contributed by atoms with E-state index in [1.54, 1.807) is 0 Å². The van der Waals surface area contributed by atoms with Crippen LogP contribution in [-0.2, 0) is 9.53 Å². The number of carbonyl (C=O) groups is 1. The van der Waals surface area contributed by atoms with Crippen molar-refractivity contribution in [2.75, 3.05) is 7.11 Å². The summed E-state index contributed by atoms with van der Waals surface area (Å²) in [5, 5.41) is 20.0. The molecule has 0 saturated heterocycles. The zero-order valence-corrected chi connectivity index (χ0v) is 16.6. The lowest BCUT2D eigenvalue weighted by molar-refractivity contribution is -0.171. The fourth-order valence-corrected chi connectivity index (χ4v) is 3.43. The van der Waals surface area contributed by atoms with Crippen molar-refractivity contribution in [3.63, 3.8) is 0 Å². The Balaban J connectivity index is 2.38. The summed E-state index contributed by atoms with van der Waals surface area (Å²) in [5.74, 6) is 0.470. The maximum atomic E-state index is 11.5. The number of esters is 1. The van der Waals surface area contributed by atoms with E-state index < -0.39 is 17.7 Å². The zero-order chi connectivity index (χ0) is 19.4. The molecule has 1 saturated carbocycles. The Morgan fingerprint density at radius 1 is 1.19 bits per heavy atom. The average Bonchev–Trinajstić information content (AvgIpc) is 3.07. The molecule has 0 aromatic rings. The van der Waals surface area contributed by atoms with Crippen molar-refractivity contribution in [3.8, 4) is 0 Å². The molecule has 2 unspecified atom stereocenters. The molecule has 0 aromatic heterocycles. The number of aliphatic hydroxyl groups excluding tert-OH is 1. The number of hydrogen-bond donors (Lipinski definition) is 2. The molecule has 4 atom stereocenters. The standard InChI is InChI=1S/C22H36O4/c1-4-5-6-7-8-9-13-18-15-12-16-19(18)14-10-11-17-20(23)22(2,25)21(24)26-3/h5-6,9-11,13,18-20,23,25H,4,7-8,12,14-17H2,1-3H3/b6-5-,11-10-,13-9+/t18-,19-,20?,22?/m0/s1. The molecule has 148 valence electrons. The number of unbranched alkanes of at least 4 members (excludes halogenated alkanes) is 1. The first-order chi connectivity index (χ1) is 12.4. The van der Waals surface area contributed by atoms with E-state index in [4.69, 9.17) is 0 Å². The van der Waals surface area contributed by atoms with Crippen molar-refractivity contribution < 1.29 is 19.7 Å². The molecule has 1 aliphatic carbocycles. The van der Waals surface area contributed by atoms with Gasteiger partial charge >= 0.3 is 5.97 Å². The van der Waals surface area contributed by atoms with E-state index in [0.29, 0.717) is 11.8 Å². The van der Waals surface area contributed by atoms with Crippen molar-refractivity contribution in [2.24, 2.45) is 11.8 Å².